The number of anilines is 1. The van der Waals surface area contributed by atoms with E-state index in [4.69, 9.17) is 15.2 Å². The molecule has 21 heavy (non-hydrogen) atoms. The van der Waals surface area contributed by atoms with E-state index in [1.165, 1.54) is 6.42 Å². The van der Waals surface area contributed by atoms with Crippen LogP contribution in [0.2, 0.25) is 0 Å². The summed E-state index contributed by atoms with van der Waals surface area (Å²) in [6.07, 6.45) is 3.21. The van der Waals surface area contributed by atoms with Gasteiger partial charge < -0.3 is 19.8 Å². The number of nitrogens with zero attached hydrogens (tertiary/aromatic N) is 2. The lowest BCUT2D eigenvalue weighted by Gasteiger charge is -2.08. The predicted octanol–water partition coefficient (Wildman–Crippen LogP) is 3.22. The standard InChI is InChI=1S/C16H25N3O2/c1-3-5-11-20-12-7-10-19-13-8-6-9-14(21-4-2)15(13)18-16(19)17/h6,8-9H,3-5,7,10-12H2,1-2H3,(H2,17,18). The molecule has 0 aliphatic carbocycles. The first-order valence-corrected chi connectivity index (χ1v) is 7.73. The van der Waals surface area contributed by atoms with E-state index in [-0.39, 0.29) is 0 Å². The van der Waals surface area contributed by atoms with Gasteiger partial charge >= 0.3 is 0 Å². The van der Waals surface area contributed by atoms with E-state index < -0.39 is 0 Å². The van der Waals surface area contributed by atoms with Gasteiger partial charge in [-0.25, -0.2) is 4.98 Å². The van der Waals surface area contributed by atoms with Crippen LogP contribution in [0.1, 0.15) is 33.1 Å². The fourth-order valence-electron chi connectivity index (χ4n) is 2.32. The van der Waals surface area contributed by atoms with Gasteiger partial charge in [0.2, 0.25) is 5.95 Å². The normalized spacial score (nSPS) is 11.1. The molecule has 5 heteroatoms. The van der Waals surface area contributed by atoms with Crippen LogP contribution in [0.15, 0.2) is 18.2 Å². The van der Waals surface area contributed by atoms with Crippen LogP contribution in [0.5, 0.6) is 5.75 Å². The molecule has 0 saturated heterocycles. The van der Waals surface area contributed by atoms with Crippen molar-refractivity contribution in [2.75, 3.05) is 25.6 Å². The molecule has 1 aromatic heterocycles. The molecule has 2 rings (SSSR count). The number of aromatic nitrogens is 2. The number of nitrogens with two attached hydrogens (primary N) is 1. The summed E-state index contributed by atoms with van der Waals surface area (Å²) < 4.78 is 13.2. The number of aryl methyl sites for hydroxylation is 1. The molecule has 0 bridgehead atoms. The number of para-hydroxylation sites is 1. The SMILES string of the molecule is CCCCOCCCn1c(N)nc2c(OCC)cccc21. The Bertz CT molecular complexity index is 566. The molecular formula is C16H25N3O2. The third-order valence-electron chi connectivity index (χ3n) is 3.38. The predicted molar refractivity (Wildman–Crippen MR) is 85.7 cm³/mol. The number of hydrogen-bond acceptors (Lipinski definition) is 4. The van der Waals surface area contributed by atoms with Crippen molar-refractivity contribution in [2.45, 2.75) is 39.7 Å². The molecule has 5 nitrogen and oxygen atoms in total. The van der Waals surface area contributed by atoms with Gasteiger partial charge in [-0.15, -0.1) is 0 Å². The maximum Gasteiger partial charge on any atom is 0.201 e. The van der Waals surface area contributed by atoms with E-state index in [1.807, 2.05) is 29.7 Å². The Balaban J connectivity index is 2.02. The van der Waals surface area contributed by atoms with E-state index >= 15 is 0 Å². The van der Waals surface area contributed by atoms with Gasteiger partial charge in [0.05, 0.1) is 12.1 Å². The van der Waals surface area contributed by atoms with Crippen LogP contribution in [-0.2, 0) is 11.3 Å². The molecule has 2 N–H and O–H groups in total. The highest BCUT2D eigenvalue weighted by molar-refractivity contribution is 5.84. The van der Waals surface area contributed by atoms with Gasteiger partial charge in [0.1, 0.15) is 11.3 Å². The zero-order valence-electron chi connectivity index (χ0n) is 13.0. The molecule has 1 aromatic carbocycles. The summed E-state index contributed by atoms with van der Waals surface area (Å²) in [4.78, 5) is 4.43. The third-order valence-corrected chi connectivity index (χ3v) is 3.38. The Hall–Kier alpha value is -1.75. The molecule has 0 radical (unpaired) electrons. The lowest BCUT2D eigenvalue weighted by Crippen LogP contribution is -2.06. The minimum absolute atomic E-state index is 0.533. The average Bonchev–Trinajstić information content (AvgIpc) is 2.80. The first-order valence-electron chi connectivity index (χ1n) is 7.73. The number of rotatable bonds is 9. The largest absolute Gasteiger partial charge is 0.492 e. The van der Waals surface area contributed by atoms with Gasteiger partial charge in [0.25, 0.3) is 0 Å². The molecule has 0 unspecified atom stereocenters. The Labute approximate surface area is 126 Å². The minimum atomic E-state index is 0.533. The average molecular weight is 291 g/mol. The summed E-state index contributed by atoms with van der Waals surface area (Å²) in [7, 11) is 0. The number of hydrogen-bond donors (Lipinski definition) is 1. The molecule has 0 saturated carbocycles. The molecule has 0 spiro atoms. The fraction of sp³-hybridized carbons (Fsp3) is 0.562. The van der Waals surface area contributed by atoms with Crippen molar-refractivity contribution >= 4 is 17.0 Å². The van der Waals surface area contributed by atoms with Crippen LogP contribution in [0.4, 0.5) is 5.95 Å². The van der Waals surface area contributed by atoms with Gasteiger partial charge in [-0.1, -0.05) is 19.4 Å². The number of benzene rings is 1. The van der Waals surface area contributed by atoms with Crippen molar-refractivity contribution < 1.29 is 9.47 Å². The van der Waals surface area contributed by atoms with Gasteiger partial charge in [-0.2, -0.15) is 0 Å². The maximum absolute atomic E-state index is 6.04. The van der Waals surface area contributed by atoms with E-state index in [1.54, 1.807) is 0 Å². The molecule has 0 fully saturated rings. The van der Waals surface area contributed by atoms with Crippen molar-refractivity contribution in [1.82, 2.24) is 9.55 Å². The summed E-state index contributed by atoms with van der Waals surface area (Å²) in [5.41, 5.74) is 7.89. The fourth-order valence-corrected chi connectivity index (χ4v) is 2.32. The highest BCUT2D eigenvalue weighted by Crippen LogP contribution is 2.27. The Morgan fingerprint density at radius 1 is 1.19 bits per heavy atom. The summed E-state index contributed by atoms with van der Waals surface area (Å²) in [6, 6.07) is 5.93. The molecular weight excluding hydrogens is 266 g/mol. The third kappa shape index (κ3) is 3.88. The second-order valence-electron chi connectivity index (χ2n) is 5.00. The summed E-state index contributed by atoms with van der Waals surface area (Å²) in [5, 5.41) is 0. The van der Waals surface area contributed by atoms with Crippen molar-refractivity contribution in [3.8, 4) is 5.75 Å². The van der Waals surface area contributed by atoms with Crippen molar-refractivity contribution in [2.24, 2.45) is 0 Å². The molecule has 0 amide bonds. The van der Waals surface area contributed by atoms with Gasteiger partial charge in [0, 0.05) is 19.8 Å². The molecule has 2 aromatic rings. The molecule has 1 heterocycles. The Morgan fingerprint density at radius 3 is 2.76 bits per heavy atom. The van der Waals surface area contributed by atoms with Crippen LogP contribution < -0.4 is 10.5 Å². The van der Waals surface area contributed by atoms with E-state index in [9.17, 15) is 0 Å². The maximum atomic E-state index is 6.04. The number of fused-ring (bicyclic) bond motifs is 1. The van der Waals surface area contributed by atoms with Crippen LogP contribution in [0, 0.1) is 0 Å². The van der Waals surface area contributed by atoms with Crippen LogP contribution in [0.25, 0.3) is 11.0 Å². The molecule has 116 valence electrons. The first-order chi connectivity index (χ1) is 10.3. The number of ether oxygens (including phenoxy) is 2. The highest BCUT2D eigenvalue weighted by atomic mass is 16.5. The lowest BCUT2D eigenvalue weighted by atomic mass is 10.3. The minimum Gasteiger partial charge on any atom is -0.492 e. The summed E-state index contributed by atoms with van der Waals surface area (Å²) in [6.45, 7) is 7.15. The second-order valence-corrected chi connectivity index (χ2v) is 5.00. The number of nitrogen functional groups attached to an aromatic ring is 1. The molecule has 0 aliphatic rings. The first kappa shape index (κ1) is 15.6. The van der Waals surface area contributed by atoms with Crippen molar-refractivity contribution in [1.29, 1.82) is 0 Å². The van der Waals surface area contributed by atoms with Gasteiger partial charge in [0.15, 0.2) is 0 Å². The van der Waals surface area contributed by atoms with Crippen LogP contribution in [0.3, 0.4) is 0 Å². The zero-order valence-corrected chi connectivity index (χ0v) is 13.0. The number of unbranched alkanes of at least 4 members (excludes halogenated alkanes) is 1. The van der Waals surface area contributed by atoms with Crippen LogP contribution >= 0.6 is 0 Å². The monoisotopic (exact) mass is 291 g/mol. The lowest BCUT2D eigenvalue weighted by molar-refractivity contribution is 0.126. The van der Waals surface area contributed by atoms with Gasteiger partial charge in [-0.05, 0) is 31.9 Å². The zero-order chi connectivity index (χ0) is 15.1. The summed E-state index contributed by atoms with van der Waals surface area (Å²) >= 11 is 0. The molecule has 0 atom stereocenters. The van der Waals surface area contributed by atoms with Crippen molar-refractivity contribution in [3.05, 3.63) is 18.2 Å². The van der Waals surface area contributed by atoms with E-state index in [0.717, 1.165) is 49.4 Å². The van der Waals surface area contributed by atoms with E-state index in [0.29, 0.717) is 12.6 Å². The second kappa shape index (κ2) is 7.88. The number of imidazole rings is 1. The molecule has 0 aliphatic heterocycles. The highest BCUT2D eigenvalue weighted by Gasteiger charge is 2.11. The Morgan fingerprint density at radius 2 is 2.00 bits per heavy atom. The smallest absolute Gasteiger partial charge is 0.201 e. The topological polar surface area (TPSA) is 62.3 Å². The van der Waals surface area contributed by atoms with E-state index in [2.05, 4.69) is 11.9 Å². The Kier molecular flexibility index (Phi) is 5.87. The van der Waals surface area contributed by atoms with Gasteiger partial charge in [-0.3, -0.25) is 0 Å². The van der Waals surface area contributed by atoms with Crippen LogP contribution in [-0.4, -0.2) is 29.4 Å². The quantitative estimate of drug-likeness (QED) is 0.721. The van der Waals surface area contributed by atoms with Crippen molar-refractivity contribution in [3.63, 3.8) is 0 Å². The summed E-state index contributed by atoms with van der Waals surface area (Å²) in [5.74, 6) is 1.32.